The van der Waals surface area contributed by atoms with Gasteiger partial charge in [-0.15, -0.1) is 0 Å². The van der Waals surface area contributed by atoms with E-state index in [-0.39, 0.29) is 88.7 Å². The van der Waals surface area contributed by atoms with Gasteiger partial charge in [-0.05, 0) is 219 Å². The third kappa shape index (κ3) is 17.4. The fourth-order valence-corrected chi connectivity index (χ4v) is 12.3. The predicted molar refractivity (Wildman–Crippen MR) is 310 cm³/mol. The Bertz CT molecular complexity index is 2770. The van der Waals surface area contributed by atoms with Crippen molar-refractivity contribution >= 4 is 57.8 Å². The molecule has 0 bridgehead atoms. The van der Waals surface area contributed by atoms with Crippen molar-refractivity contribution in [2.45, 2.75) is 231 Å². The second-order valence-corrected chi connectivity index (χ2v) is 25.3. The molecule has 12 nitrogen and oxygen atoms in total. The molecule has 0 amide bonds. The van der Waals surface area contributed by atoms with Crippen LogP contribution in [0.5, 0.6) is 0 Å². The smallest absolute Gasteiger partial charge is 0.872 e. The van der Waals surface area contributed by atoms with Gasteiger partial charge < -0.3 is 28.8 Å². The summed E-state index contributed by atoms with van der Waals surface area (Å²) in [5, 5.41) is 12.5. The number of halogens is 1. The van der Waals surface area contributed by atoms with E-state index in [0.717, 1.165) is 99.7 Å². The summed E-state index contributed by atoms with van der Waals surface area (Å²) >= 11 is 5.12. The molecule has 2 aliphatic heterocycles. The molecule has 3 aromatic carbocycles. The zero-order valence-corrected chi connectivity index (χ0v) is 53.3. The summed E-state index contributed by atoms with van der Waals surface area (Å²) in [5.41, 5.74) is 10.0. The van der Waals surface area contributed by atoms with Crippen molar-refractivity contribution in [1.82, 2.24) is 0 Å². The number of carbonyl (C=O) groups is 6. The van der Waals surface area contributed by atoms with Gasteiger partial charge in [0.25, 0.3) is 0 Å². The summed E-state index contributed by atoms with van der Waals surface area (Å²) in [6.45, 7) is 32.0. The maximum absolute atomic E-state index is 12.9. The molecule has 0 aromatic heterocycles. The Balaban J connectivity index is 0.000000294. The molecule has 3 aliphatic carbocycles. The molecule has 3 aromatic rings. The monoisotopic (exact) mass is 1130 g/mol. The molecule has 3 saturated carbocycles. The van der Waals surface area contributed by atoms with Crippen molar-refractivity contribution in [1.29, 1.82) is 0 Å². The van der Waals surface area contributed by atoms with Crippen molar-refractivity contribution in [3.05, 3.63) is 115 Å². The fourth-order valence-electron chi connectivity index (χ4n) is 11.9. The van der Waals surface area contributed by atoms with E-state index >= 15 is 0 Å². The summed E-state index contributed by atoms with van der Waals surface area (Å²) in [4.78, 5) is 72.7. The van der Waals surface area contributed by atoms with E-state index < -0.39 is 28.7 Å². The van der Waals surface area contributed by atoms with Crippen LogP contribution in [0.1, 0.15) is 213 Å². The van der Waals surface area contributed by atoms with Crippen molar-refractivity contribution in [2.75, 3.05) is 6.61 Å². The van der Waals surface area contributed by atoms with Gasteiger partial charge in [-0.3, -0.25) is 14.4 Å². The Hall–Kier alpha value is -4.75. The molecule has 0 N–H and O–H groups in total. The van der Waals surface area contributed by atoms with E-state index in [1.54, 1.807) is 6.92 Å². The Morgan fingerprint density at radius 2 is 0.950 bits per heavy atom. The second kappa shape index (κ2) is 28.5. The van der Waals surface area contributed by atoms with Crippen molar-refractivity contribution in [2.24, 2.45) is 10.8 Å². The van der Waals surface area contributed by atoms with Gasteiger partial charge >= 0.3 is 59.4 Å². The molecule has 8 rings (SSSR count). The van der Waals surface area contributed by atoms with Gasteiger partial charge in [0.15, 0.2) is 11.4 Å². The van der Waals surface area contributed by atoms with E-state index in [2.05, 4.69) is 24.3 Å². The summed E-state index contributed by atoms with van der Waals surface area (Å²) < 4.78 is 28.0. The third-order valence-corrected chi connectivity index (χ3v) is 15.2. The van der Waals surface area contributed by atoms with Crippen molar-refractivity contribution < 1.29 is 87.1 Å². The molecule has 0 saturated heterocycles. The number of hydrogen-bond donors (Lipinski definition) is 0. The topological polar surface area (TPSA) is 172 Å². The molecule has 0 atom stereocenters. The number of benzene rings is 3. The first-order valence-electron chi connectivity index (χ1n) is 27.9. The molecular formula is C66H90ClNaO12. The first-order valence-corrected chi connectivity index (χ1v) is 28.3. The molecule has 80 heavy (non-hydrogen) atoms. The molecule has 5 aliphatic rings. The van der Waals surface area contributed by atoms with E-state index in [4.69, 9.17) is 35.3 Å². The van der Waals surface area contributed by atoms with Gasteiger partial charge in [0, 0.05) is 6.42 Å². The van der Waals surface area contributed by atoms with Gasteiger partial charge in [0.2, 0.25) is 10.8 Å². The standard InChI is InChI=1S/C23H30O4.C19H26O4.C17H20O3.C6H11ClO.CH4.Na/c1-14-11-15(2)18(16(3)12-14)19-20(26-17(24)13-22(4,5)6)23(27-21(19)25)9-7-8-10-23;1-5-22-18(21)19(8-6-7-9-19)23-17(20)12-16-14(3)10-13(2)11-15(16)4;1-10-8-11(2)13(12(3)9-10)14-15(18)17(20-16(14)19)6-4-5-7-17;1-6(2,3)4-5(7)8;;/h11-12H,7-10,13H2,1-6H3;10-11H,5-9,12H2,1-4H3;8-9,18H,4-7H2,1-3H3;4H2,1-3H3;1H4;/q;;;;;+1/p-1. The van der Waals surface area contributed by atoms with Gasteiger partial charge in [0.1, 0.15) is 11.2 Å². The van der Waals surface area contributed by atoms with Crippen LogP contribution in [0.25, 0.3) is 11.1 Å². The van der Waals surface area contributed by atoms with Crippen LogP contribution in [-0.4, -0.2) is 58.5 Å². The zero-order valence-electron chi connectivity index (χ0n) is 50.6. The molecule has 434 valence electrons. The van der Waals surface area contributed by atoms with E-state index in [1.807, 2.05) is 116 Å². The molecule has 2 spiro atoms. The normalized spacial score (nSPS) is 17.4. The van der Waals surface area contributed by atoms with Gasteiger partial charge in [0.05, 0.1) is 25.0 Å². The first kappa shape index (κ1) is 69.5. The van der Waals surface area contributed by atoms with Crippen molar-refractivity contribution in [3.8, 4) is 0 Å². The van der Waals surface area contributed by atoms with Crippen LogP contribution in [0.4, 0.5) is 0 Å². The van der Waals surface area contributed by atoms with Crippen LogP contribution in [0.15, 0.2) is 47.9 Å². The molecule has 0 unspecified atom stereocenters. The van der Waals surface area contributed by atoms with E-state index in [9.17, 15) is 33.9 Å². The molecule has 14 heteroatoms. The van der Waals surface area contributed by atoms with Gasteiger partial charge in [-0.1, -0.05) is 108 Å². The average Bonchev–Trinajstić information content (AvgIpc) is 4.14. The van der Waals surface area contributed by atoms with E-state index in [0.29, 0.717) is 69.3 Å². The number of esters is 5. The van der Waals surface area contributed by atoms with Crippen LogP contribution >= 0.6 is 11.6 Å². The Kier molecular flexibility index (Phi) is 24.8. The van der Waals surface area contributed by atoms with Crippen LogP contribution in [0.3, 0.4) is 0 Å². The molecule has 0 radical (unpaired) electrons. The first-order chi connectivity index (χ1) is 36.3. The Morgan fingerprint density at radius 3 is 1.35 bits per heavy atom. The maximum atomic E-state index is 12.9. The average molecular weight is 1130 g/mol. The van der Waals surface area contributed by atoms with Gasteiger partial charge in [-0.2, -0.15) is 0 Å². The van der Waals surface area contributed by atoms with Crippen LogP contribution < -0.4 is 34.7 Å². The van der Waals surface area contributed by atoms with Crippen molar-refractivity contribution in [3.63, 3.8) is 0 Å². The molecular weight excluding hydrogens is 1040 g/mol. The summed E-state index contributed by atoms with van der Waals surface area (Å²) in [5.74, 6) is -1.53. The second-order valence-electron chi connectivity index (χ2n) is 24.9. The SMILES string of the molecule is C.CC(C)(C)CC(=O)Cl.CCOC(=O)C1(OC(=O)Cc2c(C)cc(C)cc2C)CCCC1.Cc1cc(C)c(C2=C(OC(=O)CC(C)(C)C)C3(CCCC3)OC2=O)c(C)c1.Cc1cc(C)c(C2=C([O-])C3(CCCC3)OC2=O)c(C)c1.[Na+]. The predicted octanol–water partition coefficient (Wildman–Crippen LogP) is 11.1. The summed E-state index contributed by atoms with van der Waals surface area (Å²) in [7, 11) is 0. The number of hydrogen-bond acceptors (Lipinski definition) is 12. The number of ether oxygens (including phenoxy) is 5. The Labute approximate surface area is 505 Å². The van der Waals surface area contributed by atoms with Crippen LogP contribution in [-0.2, 0) is 58.9 Å². The zero-order chi connectivity index (χ0) is 58.3. The fraction of sp³-hybridized carbons (Fsp3) is 0.576. The quantitative estimate of drug-likeness (QED) is 0.0815. The number of aryl methyl sites for hydroxylation is 9. The minimum Gasteiger partial charge on any atom is -0.872 e. The number of rotatable bonds is 10. The Morgan fingerprint density at radius 1 is 0.575 bits per heavy atom. The minimum atomic E-state index is -1.07. The largest absolute Gasteiger partial charge is 1.00 e. The van der Waals surface area contributed by atoms with Crippen LogP contribution in [0, 0.1) is 73.1 Å². The molecule has 2 heterocycles. The molecule has 3 fully saturated rings. The summed E-state index contributed by atoms with van der Waals surface area (Å²) in [6, 6.07) is 12.2. The number of carbonyl (C=O) groups excluding carboxylic acids is 6. The minimum absolute atomic E-state index is 0. The maximum Gasteiger partial charge on any atom is 1.00 e. The summed E-state index contributed by atoms with van der Waals surface area (Å²) in [6.07, 6.45) is 10.4. The van der Waals surface area contributed by atoms with Gasteiger partial charge in [-0.25, -0.2) is 14.4 Å². The van der Waals surface area contributed by atoms with E-state index in [1.165, 1.54) is 5.56 Å². The third-order valence-electron chi connectivity index (χ3n) is 15.0. The van der Waals surface area contributed by atoms with Crippen LogP contribution in [0.2, 0.25) is 0 Å².